The second kappa shape index (κ2) is 3.61. The highest BCUT2D eigenvalue weighted by molar-refractivity contribution is 5.89. The Bertz CT molecular complexity index is 504. The molecule has 0 saturated heterocycles. The monoisotopic (exact) mass is 205 g/mol. The van der Waals surface area contributed by atoms with Crippen molar-refractivity contribution in [3.63, 3.8) is 0 Å². The number of carbonyl (C=O) groups is 1. The molecule has 0 atom stereocenters. The minimum atomic E-state index is -0.262. The number of esters is 1. The van der Waals surface area contributed by atoms with E-state index in [1.807, 2.05) is 18.2 Å². The molecule has 5 heteroatoms. The summed E-state index contributed by atoms with van der Waals surface area (Å²) in [6.07, 6.45) is 0.255. The van der Waals surface area contributed by atoms with Gasteiger partial charge in [-0.1, -0.05) is 6.07 Å². The number of benzene rings is 1. The first-order chi connectivity index (χ1) is 7.20. The number of hydrogen-bond donors (Lipinski definition) is 2. The number of ether oxygens (including phenoxy) is 1. The Balaban J connectivity index is 2.35. The number of nitrogens with one attached hydrogen (secondary N) is 1. The zero-order chi connectivity index (χ0) is 10.8. The van der Waals surface area contributed by atoms with E-state index in [4.69, 9.17) is 5.73 Å². The van der Waals surface area contributed by atoms with Crippen LogP contribution in [-0.2, 0) is 16.0 Å². The van der Waals surface area contributed by atoms with Gasteiger partial charge in [0.15, 0.2) is 5.82 Å². The maximum Gasteiger partial charge on any atom is 0.309 e. The molecule has 0 saturated carbocycles. The molecule has 0 aliphatic rings. The molecular weight excluding hydrogens is 194 g/mol. The van der Waals surface area contributed by atoms with E-state index in [-0.39, 0.29) is 12.4 Å². The third-order valence-electron chi connectivity index (χ3n) is 2.23. The lowest BCUT2D eigenvalue weighted by Gasteiger charge is -1.99. The minimum absolute atomic E-state index is 0.255. The number of aromatic amines is 1. The average Bonchev–Trinajstić information content (AvgIpc) is 2.60. The first kappa shape index (κ1) is 9.51. The second-order valence-corrected chi connectivity index (χ2v) is 3.24. The van der Waals surface area contributed by atoms with Gasteiger partial charge >= 0.3 is 5.97 Å². The number of methoxy groups -OCH3 is 1. The number of anilines is 1. The highest BCUT2D eigenvalue weighted by atomic mass is 16.5. The number of carbonyl (C=O) groups excluding carboxylic acids is 1. The number of hydrogen-bond acceptors (Lipinski definition) is 4. The van der Waals surface area contributed by atoms with Crippen LogP contribution in [0, 0.1) is 0 Å². The Morgan fingerprint density at radius 2 is 2.40 bits per heavy atom. The topological polar surface area (TPSA) is 81.0 Å². The summed E-state index contributed by atoms with van der Waals surface area (Å²) < 4.78 is 4.58. The normalized spacial score (nSPS) is 10.5. The molecule has 0 bridgehead atoms. The molecule has 1 heterocycles. The van der Waals surface area contributed by atoms with Gasteiger partial charge in [-0.25, -0.2) is 0 Å². The molecule has 0 aliphatic heterocycles. The van der Waals surface area contributed by atoms with E-state index in [1.54, 1.807) is 0 Å². The van der Waals surface area contributed by atoms with Gasteiger partial charge in [0.25, 0.3) is 0 Å². The molecule has 78 valence electrons. The van der Waals surface area contributed by atoms with E-state index < -0.39 is 0 Å². The fourth-order valence-corrected chi connectivity index (χ4v) is 1.44. The minimum Gasteiger partial charge on any atom is -0.469 e. The van der Waals surface area contributed by atoms with Crippen LogP contribution in [0.2, 0.25) is 0 Å². The average molecular weight is 205 g/mol. The molecule has 0 fully saturated rings. The predicted molar refractivity (Wildman–Crippen MR) is 56.2 cm³/mol. The van der Waals surface area contributed by atoms with Gasteiger partial charge < -0.3 is 10.5 Å². The van der Waals surface area contributed by atoms with E-state index >= 15 is 0 Å². The molecular formula is C10H11N3O2. The maximum absolute atomic E-state index is 11.0. The summed E-state index contributed by atoms with van der Waals surface area (Å²) in [7, 11) is 1.37. The van der Waals surface area contributed by atoms with Gasteiger partial charge in [-0.05, 0) is 17.7 Å². The van der Waals surface area contributed by atoms with Crippen molar-refractivity contribution in [1.29, 1.82) is 0 Å². The molecule has 2 aromatic rings. The predicted octanol–water partition coefficient (Wildman–Crippen LogP) is 0.861. The van der Waals surface area contributed by atoms with Gasteiger partial charge in [0.05, 0.1) is 19.0 Å². The largest absolute Gasteiger partial charge is 0.469 e. The van der Waals surface area contributed by atoms with E-state index in [0.717, 1.165) is 16.5 Å². The third kappa shape index (κ3) is 1.76. The molecule has 15 heavy (non-hydrogen) atoms. The smallest absolute Gasteiger partial charge is 0.309 e. The fourth-order valence-electron chi connectivity index (χ4n) is 1.44. The summed E-state index contributed by atoms with van der Waals surface area (Å²) in [5, 5.41) is 7.53. The van der Waals surface area contributed by atoms with Crippen LogP contribution in [0.4, 0.5) is 5.82 Å². The Morgan fingerprint density at radius 3 is 3.13 bits per heavy atom. The second-order valence-electron chi connectivity index (χ2n) is 3.24. The van der Waals surface area contributed by atoms with Gasteiger partial charge in [-0.2, -0.15) is 5.10 Å². The first-order valence-corrected chi connectivity index (χ1v) is 4.50. The SMILES string of the molecule is COC(=O)Cc1ccc2c(N)n[nH]c2c1. The van der Waals surface area contributed by atoms with Crippen LogP contribution < -0.4 is 5.73 Å². The summed E-state index contributed by atoms with van der Waals surface area (Å²) in [4.78, 5) is 11.0. The van der Waals surface area contributed by atoms with Crippen LogP contribution >= 0.6 is 0 Å². The Hall–Kier alpha value is -2.04. The number of fused-ring (bicyclic) bond motifs is 1. The lowest BCUT2D eigenvalue weighted by molar-refractivity contribution is -0.139. The standard InChI is InChI=1S/C10H11N3O2/c1-15-9(14)5-6-2-3-7-8(4-6)12-13-10(7)11/h2-4H,5H2,1H3,(H3,11,12,13). The van der Waals surface area contributed by atoms with Crippen molar-refractivity contribution in [3.8, 4) is 0 Å². The molecule has 0 unspecified atom stereocenters. The van der Waals surface area contributed by atoms with Crippen LogP contribution in [0.25, 0.3) is 10.9 Å². The summed E-state index contributed by atoms with van der Waals surface area (Å²) in [6.45, 7) is 0. The van der Waals surface area contributed by atoms with E-state index in [0.29, 0.717) is 5.82 Å². The van der Waals surface area contributed by atoms with Gasteiger partial charge in [0.2, 0.25) is 0 Å². The summed E-state index contributed by atoms with van der Waals surface area (Å²) >= 11 is 0. The summed E-state index contributed by atoms with van der Waals surface area (Å²) in [5.74, 6) is 0.205. The fraction of sp³-hybridized carbons (Fsp3) is 0.200. The number of H-pyrrole nitrogens is 1. The highest BCUT2D eigenvalue weighted by Gasteiger charge is 2.06. The lowest BCUT2D eigenvalue weighted by Crippen LogP contribution is -2.04. The number of aromatic nitrogens is 2. The van der Waals surface area contributed by atoms with Crippen molar-refractivity contribution in [2.24, 2.45) is 0 Å². The van der Waals surface area contributed by atoms with Crippen molar-refractivity contribution in [3.05, 3.63) is 23.8 Å². The number of rotatable bonds is 2. The summed E-state index contributed by atoms with van der Waals surface area (Å²) in [5.41, 5.74) is 7.32. The zero-order valence-corrected chi connectivity index (χ0v) is 8.28. The molecule has 0 aliphatic carbocycles. The maximum atomic E-state index is 11.0. The Labute approximate surface area is 86.2 Å². The van der Waals surface area contributed by atoms with Gasteiger partial charge in [0, 0.05) is 5.39 Å². The van der Waals surface area contributed by atoms with Crippen LogP contribution in [0.5, 0.6) is 0 Å². The van der Waals surface area contributed by atoms with Crippen molar-refractivity contribution in [2.75, 3.05) is 12.8 Å². The van der Waals surface area contributed by atoms with Crippen molar-refractivity contribution >= 4 is 22.7 Å². The molecule has 0 amide bonds. The first-order valence-electron chi connectivity index (χ1n) is 4.50. The molecule has 2 rings (SSSR count). The molecule has 5 nitrogen and oxygen atoms in total. The third-order valence-corrected chi connectivity index (χ3v) is 2.23. The molecule has 3 N–H and O–H groups in total. The Morgan fingerprint density at radius 1 is 1.60 bits per heavy atom. The quantitative estimate of drug-likeness (QED) is 0.712. The van der Waals surface area contributed by atoms with Crippen molar-refractivity contribution in [1.82, 2.24) is 10.2 Å². The van der Waals surface area contributed by atoms with Gasteiger partial charge in [0.1, 0.15) is 0 Å². The van der Waals surface area contributed by atoms with Crippen LogP contribution in [-0.4, -0.2) is 23.3 Å². The number of nitrogens with zero attached hydrogens (tertiary/aromatic N) is 1. The number of nitrogen functional groups attached to an aromatic ring is 1. The van der Waals surface area contributed by atoms with Gasteiger partial charge in [-0.15, -0.1) is 0 Å². The van der Waals surface area contributed by atoms with Crippen LogP contribution in [0.1, 0.15) is 5.56 Å². The highest BCUT2D eigenvalue weighted by Crippen LogP contribution is 2.19. The van der Waals surface area contributed by atoms with Crippen molar-refractivity contribution in [2.45, 2.75) is 6.42 Å². The summed E-state index contributed by atoms with van der Waals surface area (Å²) in [6, 6.07) is 5.52. The van der Waals surface area contributed by atoms with E-state index in [1.165, 1.54) is 7.11 Å². The molecule has 0 spiro atoms. The van der Waals surface area contributed by atoms with Gasteiger partial charge in [-0.3, -0.25) is 9.89 Å². The van der Waals surface area contributed by atoms with E-state index in [2.05, 4.69) is 14.9 Å². The van der Waals surface area contributed by atoms with Crippen molar-refractivity contribution < 1.29 is 9.53 Å². The Kier molecular flexibility index (Phi) is 2.29. The lowest BCUT2D eigenvalue weighted by atomic mass is 10.1. The van der Waals surface area contributed by atoms with E-state index in [9.17, 15) is 4.79 Å². The van der Waals surface area contributed by atoms with Crippen LogP contribution in [0.15, 0.2) is 18.2 Å². The zero-order valence-electron chi connectivity index (χ0n) is 8.28. The number of nitrogens with two attached hydrogens (primary N) is 1. The van der Waals surface area contributed by atoms with Crippen LogP contribution in [0.3, 0.4) is 0 Å². The molecule has 1 aromatic heterocycles. The molecule has 0 radical (unpaired) electrons. The molecule has 1 aromatic carbocycles.